The van der Waals surface area contributed by atoms with Crippen LogP contribution in [-0.2, 0) is 4.79 Å². The number of ether oxygens (including phenoxy) is 1. The summed E-state index contributed by atoms with van der Waals surface area (Å²) in [6.07, 6.45) is 0. The Balaban J connectivity index is 1.53. The molecular weight excluding hydrogens is 352 g/mol. The van der Waals surface area contributed by atoms with Gasteiger partial charge in [-0.15, -0.1) is 0 Å². The van der Waals surface area contributed by atoms with Gasteiger partial charge >= 0.3 is 0 Å². The summed E-state index contributed by atoms with van der Waals surface area (Å²) in [6.45, 7) is 2.59. The third-order valence-electron chi connectivity index (χ3n) is 4.99. The molecule has 2 aromatic rings. The van der Waals surface area contributed by atoms with Crippen molar-refractivity contribution in [3.8, 4) is 11.8 Å². The quantitative estimate of drug-likeness (QED) is 0.773. The molecule has 0 bridgehead atoms. The van der Waals surface area contributed by atoms with Gasteiger partial charge in [-0.3, -0.25) is 9.69 Å². The van der Waals surface area contributed by atoms with E-state index in [2.05, 4.69) is 11.0 Å². The molecule has 1 aliphatic rings. The Bertz CT molecular complexity index is 807. The molecule has 0 aliphatic carbocycles. The summed E-state index contributed by atoms with van der Waals surface area (Å²) in [5, 5.41) is 9.69. The summed E-state index contributed by atoms with van der Waals surface area (Å²) in [4.78, 5) is 18.4. The van der Waals surface area contributed by atoms with E-state index in [1.54, 1.807) is 0 Å². The van der Waals surface area contributed by atoms with Crippen molar-refractivity contribution in [2.45, 2.75) is 6.04 Å². The van der Waals surface area contributed by atoms with Crippen molar-refractivity contribution < 1.29 is 9.53 Å². The molecule has 6 heteroatoms. The fraction of sp³-hybridized carbons (Fsp3) is 0.364. The van der Waals surface area contributed by atoms with Crippen LogP contribution < -0.4 is 9.64 Å². The van der Waals surface area contributed by atoms with Gasteiger partial charge in [-0.2, -0.15) is 5.26 Å². The molecule has 1 heterocycles. The van der Waals surface area contributed by atoms with Crippen molar-refractivity contribution in [3.63, 3.8) is 0 Å². The molecular formula is C22H26N4O2. The lowest BCUT2D eigenvalue weighted by molar-refractivity contribution is -0.135. The topological polar surface area (TPSA) is 59.8 Å². The predicted octanol–water partition coefficient (Wildman–Crippen LogP) is 2.54. The van der Waals surface area contributed by atoms with Gasteiger partial charge in [0.15, 0.2) is 6.61 Å². The van der Waals surface area contributed by atoms with Crippen LogP contribution >= 0.6 is 0 Å². The first-order valence-electron chi connectivity index (χ1n) is 9.45. The number of rotatable bonds is 6. The summed E-state index contributed by atoms with van der Waals surface area (Å²) in [7, 11) is 3.99. The Hall–Kier alpha value is -3.04. The van der Waals surface area contributed by atoms with E-state index < -0.39 is 0 Å². The van der Waals surface area contributed by atoms with Crippen molar-refractivity contribution in [1.29, 1.82) is 5.26 Å². The molecule has 3 rings (SSSR count). The second-order valence-corrected chi connectivity index (χ2v) is 7.04. The van der Waals surface area contributed by atoms with Crippen LogP contribution in [0.25, 0.3) is 0 Å². The molecule has 1 amide bonds. The van der Waals surface area contributed by atoms with Crippen LogP contribution in [-0.4, -0.2) is 62.6 Å². The van der Waals surface area contributed by atoms with Crippen molar-refractivity contribution in [1.82, 2.24) is 9.80 Å². The van der Waals surface area contributed by atoms with Gasteiger partial charge in [0.1, 0.15) is 11.8 Å². The number of nitrogens with zero attached hydrogens (tertiary/aromatic N) is 4. The zero-order chi connectivity index (χ0) is 19.9. The van der Waals surface area contributed by atoms with Gasteiger partial charge in [-0.25, -0.2) is 0 Å². The van der Waals surface area contributed by atoms with Gasteiger partial charge in [0, 0.05) is 46.0 Å². The molecule has 0 radical (unpaired) electrons. The van der Waals surface area contributed by atoms with Crippen molar-refractivity contribution in [3.05, 3.63) is 60.2 Å². The highest BCUT2D eigenvalue weighted by molar-refractivity contribution is 5.77. The smallest absolute Gasteiger partial charge is 0.260 e. The maximum Gasteiger partial charge on any atom is 0.260 e. The standard InChI is InChI=1S/C22H26N4O2/c1-24(2)19-10-8-18(9-11-19)21(16-23)25-12-14-26(15-13-25)22(27)17-28-20-6-4-3-5-7-20/h3-11,21H,12-15,17H2,1-2H3. The predicted molar refractivity (Wildman–Crippen MR) is 109 cm³/mol. The third kappa shape index (κ3) is 4.81. The maximum absolute atomic E-state index is 12.4. The van der Waals surface area contributed by atoms with E-state index in [9.17, 15) is 10.1 Å². The minimum absolute atomic E-state index is 0.0210. The average Bonchev–Trinajstić information content (AvgIpc) is 2.74. The Labute approximate surface area is 166 Å². The third-order valence-corrected chi connectivity index (χ3v) is 4.99. The fourth-order valence-corrected chi connectivity index (χ4v) is 3.30. The Morgan fingerprint density at radius 3 is 2.29 bits per heavy atom. The van der Waals surface area contributed by atoms with Gasteiger partial charge in [0.2, 0.25) is 0 Å². The minimum atomic E-state index is -0.297. The van der Waals surface area contributed by atoms with E-state index in [4.69, 9.17) is 4.74 Å². The van der Waals surface area contributed by atoms with E-state index in [-0.39, 0.29) is 18.6 Å². The van der Waals surface area contributed by atoms with E-state index >= 15 is 0 Å². The highest BCUT2D eigenvalue weighted by Crippen LogP contribution is 2.24. The van der Waals surface area contributed by atoms with Crippen LogP contribution in [0, 0.1) is 11.3 Å². The number of anilines is 1. The first-order chi connectivity index (χ1) is 13.6. The summed E-state index contributed by atoms with van der Waals surface area (Å²) in [6, 6.07) is 19.5. The van der Waals surface area contributed by atoms with Gasteiger partial charge in [-0.1, -0.05) is 30.3 Å². The largest absolute Gasteiger partial charge is 0.484 e. The summed E-state index contributed by atoms with van der Waals surface area (Å²) in [5.41, 5.74) is 2.09. The second kappa shape index (κ2) is 9.25. The summed E-state index contributed by atoms with van der Waals surface area (Å²) in [5.74, 6) is 0.674. The lowest BCUT2D eigenvalue weighted by Gasteiger charge is -2.37. The van der Waals surface area contributed by atoms with Crippen molar-refractivity contribution in [2.75, 3.05) is 51.8 Å². The Morgan fingerprint density at radius 2 is 1.71 bits per heavy atom. The van der Waals surface area contributed by atoms with Crippen LogP contribution in [0.3, 0.4) is 0 Å². The van der Waals surface area contributed by atoms with Crippen LogP contribution in [0.1, 0.15) is 11.6 Å². The highest BCUT2D eigenvalue weighted by atomic mass is 16.5. The molecule has 1 fully saturated rings. The second-order valence-electron chi connectivity index (χ2n) is 7.04. The van der Waals surface area contributed by atoms with E-state index in [0.29, 0.717) is 31.9 Å². The van der Waals surface area contributed by atoms with E-state index in [1.165, 1.54) is 0 Å². The molecule has 2 aromatic carbocycles. The molecule has 0 saturated carbocycles. The number of hydrogen-bond acceptors (Lipinski definition) is 5. The molecule has 1 aliphatic heterocycles. The normalized spacial score (nSPS) is 15.5. The van der Waals surface area contributed by atoms with E-state index in [1.807, 2.05) is 78.5 Å². The number of amides is 1. The van der Waals surface area contributed by atoms with Gasteiger partial charge < -0.3 is 14.5 Å². The molecule has 146 valence electrons. The molecule has 0 aromatic heterocycles. The summed E-state index contributed by atoms with van der Waals surface area (Å²) >= 11 is 0. The fourth-order valence-electron chi connectivity index (χ4n) is 3.30. The Kier molecular flexibility index (Phi) is 6.51. The SMILES string of the molecule is CN(C)c1ccc(C(C#N)N2CCN(C(=O)COc3ccccc3)CC2)cc1. The number of nitriles is 1. The lowest BCUT2D eigenvalue weighted by Crippen LogP contribution is -2.50. The lowest BCUT2D eigenvalue weighted by atomic mass is 10.0. The maximum atomic E-state index is 12.4. The molecule has 1 atom stereocenters. The molecule has 0 N–H and O–H groups in total. The number of hydrogen-bond donors (Lipinski definition) is 0. The van der Waals surface area contributed by atoms with Crippen LogP contribution in [0.15, 0.2) is 54.6 Å². The van der Waals surface area contributed by atoms with E-state index in [0.717, 1.165) is 11.3 Å². The van der Waals surface area contributed by atoms with Gasteiger partial charge in [-0.05, 0) is 29.8 Å². The number of carbonyl (C=O) groups is 1. The average molecular weight is 378 g/mol. The van der Waals surface area contributed by atoms with Crippen molar-refractivity contribution >= 4 is 11.6 Å². The monoisotopic (exact) mass is 378 g/mol. The van der Waals surface area contributed by atoms with Crippen LogP contribution in [0.5, 0.6) is 5.75 Å². The van der Waals surface area contributed by atoms with Crippen LogP contribution in [0.4, 0.5) is 5.69 Å². The minimum Gasteiger partial charge on any atom is -0.484 e. The number of piperazine rings is 1. The first kappa shape index (κ1) is 19.7. The zero-order valence-corrected chi connectivity index (χ0v) is 16.4. The highest BCUT2D eigenvalue weighted by Gasteiger charge is 2.27. The number of carbonyl (C=O) groups excluding carboxylic acids is 1. The number of benzene rings is 2. The number of para-hydroxylation sites is 1. The van der Waals surface area contributed by atoms with Gasteiger partial charge in [0.25, 0.3) is 5.91 Å². The zero-order valence-electron chi connectivity index (χ0n) is 16.4. The van der Waals surface area contributed by atoms with Crippen molar-refractivity contribution in [2.24, 2.45) is 0 Å². The molecule has 6 nitrogen and oxygen atoms in total. The van der Waals surface area contributed by atoms with Crippen LogP contribution in [0.2, 0.25) is 0 Å². The molecule has 1 saturated heterocycles. The summed E-state index contributed by atoms with van der Waals surface area (Å²) < 4.78 is 5.56. The molecule has 0 spiro atoms. The first-order valence-corrected chi connectivity index (χ1v) is 9.45. The molecule has 28 heavy (non-hydrogen) atoms. The van der Waals surface area contributed by atoms with Gasteiger partial charge in [0.05, 0.1) is 6.07 Å². The molecule has 1 unspecified atom stereocenters. The Morgan fingerprint density at radius 1 is 1.07 bits per heavy atom.